The second-order valence-corrected chi connectivity index (χ2v) is 9.30. The number of fused-ring (bicyclic) bond motifs is 1. The largest absolute Gasteiger partial charge is 0.480 e. The highest BCUT2D eigenvalue weighted by atomic mass is 32.2. The van der Waals surface area contributed by atoms with Crippen molar-refractivity contribution in [3.05, 3.63) is 28.8 Å². The number of aryl methyl sites for hydroxylation is 1. The Bertz CT molecular complexity index is 845. The summed E-state index contributed by atoms with van der Waals surface area (Å²) in [5, 5.41) is 9.64. The number of sulfone groups is 1. The van der Waals surface area contributed by atoms with E-state index in [1.807, 2.05) is 0 Å². The number of rotatable bonds is 3. The molecule has 1 aliphatic heterocycles. The fourth-order valence-electron chi connectivity index (χ4n) is 4.25. The Labute approximate surface area is 147 Å². The molecule has 1 N–H and O–H groups in total. The van der Waals surface area contributed by atoms with Crippen LogP contribution in [0.3, 0.4) is 0 Å². The Balaban J connectivity index is 2.03. The molecule has 1 aliphatic carbocycles. The second kappa shape index (κ2) is 6.12. The predicted octanol–water partition coefficient (Wildman–Crippen LogP) is 2.03. The van der Waals surface area contributed by atoms with Crippen molar-refractivity contribution in [2.75, 3.05) is 12.8 Å². The van der Waals surface area contributed by atoms with Crippen molar-refractivity contribution in [2.24, 2.45) is 11.8 Å². The zero-order chi connectivity index (χ0) is 18.5. The molecular weight excluding hydrogens is 342 g/mol. The summed E-state index contributed by atoms with van der Waals surface area (Å²) in [7, 11) is -3.45. The van der Waals surface area contributed by atoms with E-state index >= 15 is 0 Å². The maximum atomic E-state index is 13.1. The monoisotopic (exact) mass is 365 g/mol. The number of aliphatic carboxylic acids is 1. The molecule has 1 saturated carbocycles. The third-order valence-corrected chi connectivity index (χ3v) is 6.80. The topological polar surface area (TPSA) is 91.8 Å². The molecule has 2 aliphatic rings. The van der Waals surface area contributed by atoms with E-state index in [-0.39, 0.29) is 28.2 Å². The molecule has 1 saturated heterocycles. The van der Waals surface area contributed by atoms with Gasteiger partial charge in [-0.1, -0.05) is 6.42 Å². The van der Waals surface area contributed by atoms with Gasteiger partial charge in [-0.25, -0.2) is 13.2 Å². The minimum Gasteiger partial charge on any atom is -0.480 e. The molecule has 3 rings (SSSR count). The Kier molecular flexibility index (Phi) is 4.39. The predicted molar refractivity (Wildman–Crippen MR) is 92.3 cm³/mol. The number of hydrogen-bond donors (Lipinski definition) is 1. The molecule has 136 valence electrons. The Morgan fingerprint density at radius 1 is 1.20 bits per heavy atom. The van der Waals surface area contributed by atoms with Gasteiger partial charge >= 0.3 is 5.97 Å². The normalized spacial score (nSPS) is 25.9. The first-order chi connectivity index (χ1) is 11.6. The van der Waals surface area contributed by atoms with E-state index in [0.717, 1.165) is 25.5 Å². The van der Waals surface area contributed by atoms with Crippen molar-refractivity contribution in [1.82, 2.24) is 4.90 Å². The fraction of sp³-hybridized carbons (Fsp3) is 0.556. The molecule has 3 unspecified atom stereocenters. The van der Waals surface area contributed by atoms with Crippen LogP contribution in [0, 0.1) is 25.7 Å². The number of carbonyl (C=O) groups excluding carboxylic acids is 1. The fourth-order valence-corrected chi connectivity index (χ4v) is 4.97. The number of carboxylic acids is 1. The van der Waals surface area contributed by atoms with Gasteiger partial charge in [0, 0.05) is 18.4 Å². The summed E-state index contributed by atoms with van der Waals surface area (Å²) in [4.78, 5) is 26.4. The maximum Gasteiger partial charge on any atom is 0.326 e. The molecule has 25 heavy (non-hydrogen) atoms. The average molecular weight is 365 g/mol. The van der Waals surface area contributed by atoms with E-state index in [0.29, 0.717) is 17.7 Å². The molecular formula is C18H23NO5S. The summed E-state index contributed by atoms with van der Waals surface area (Å²) in [6.45, 7) is 3.96. The van der Waals surface area contributed by atoms with Gasteiger partial charge in [0.2, 0.25) is 0 Å². The molecule has 0 aromatic heterocycles. The maximum absolute atomic E-state index is 13.1. The molecule has 1 aromatic carbocycles. The van der Waals surface area contributed by atoms with Crippen molar-refractivity contribution in [1.29, 1.82) is 0 Å². The molecule has 6 nitrogen and oxygen atoms in total. The molecule has 1 aromatic rings. The standard InChI is InChI=1S/C18H23NO5S/c1-10-7-13(25(3,23)24)8-15(11(10)2)17(20)19-9-12-5-4-6-14(12)16(19)18(21)22/h7-8,12,14,16H,4-6,9H2,1-3H3,(H,21,22). The van der Waals surface area contributed by atoms with Gasteiger partial charge in [-0.15, -0.1) is 0 Å². The SMILES string of the molecule is Cc1cc(S(C)(=O)=O)cc(C(=O)N2CC3CCCC3C2C(=O)O)c1C. The van der Waals surface area contributed by atoms with Crippen molar-refractivity contribution in [2.45, 2.75) is 44.0 Å². The van der Waals surface area contributed by atoms with Crippen LogP contribution in [0.15, 0.2) is 17.0 Å². The van der Waals surface area contributed by atoms with Crippen LogP contribution in [0.4, 0.5) is 0 Å². The van der Waals surface area contributed by atoms with Crippen LogP contribution in [0.1, 0.15) is 40.7 Å². The molecule has 1 heterocycles. The van der Waals surface area contributed by atoms with E-state index in [1.54, 1.807) is 19.9 Å². The lowest BCUT2D eigenvalue weighted by atomic mass is 9.94. The van der Waals surface area contributed by atoms with Gasteiger partial charge in [0.05, 0.1) is 4.90 Å². The van der Waals surface area contributed by atoms with Crippen molar-refractivity contribution in [3.8, 4) is 0 Å². The Morgan fingerprint density at radius 3 is 2.48 bits per heavy atom. The zero-order valence-electron chi connectivity index (χ0n) is 14.7. The first-order valence-corrected chi connectivity index (χ1v) is 10.4. The number of carboxylic acid groups (broad SMARTS) is 1. The summed E-state index contributed by atoms with van der Waals surface area (Å²) in [5.41, 5.74) is 1.68. The summed E-state index contributed by atoms with van der Waals surface area (Å²) < 4.78 is 23.8. The minimum atomic E-state index is -3.45. The smallest absolute Gasteiger partial charge is 0.326 e. The molecule has 0 bridgehead atoms. The Morgan fingerprint density at radius 2 is 1.88 bits per heavy atom. The Hall–Kier alpha value is -1.89. The highest BCUT2D eigenvalue weighted by Crippen LogP contribution is 2.43. The lowest BCUT2D eigenvalue weighted by molar-refractivity contribution is -0.142. The van der Waals surface area contributed by atoms with Crippen LogP contribution in [0.25, 0.3) is 0 Å². The third-order valence-electron chi connectivity index (χ3n) is 5.70. The molecule has 0 spiro atoms. The van der Waals surface area contributed by atoms with Gasteiger partial charge in [0.25, 0.3) is 5.91 Å². The number of amides is 1. The van der Waals surface area contributed by atoms with Gasteiger partial charge < -0.3 is 10.0 Å². The molecule has 1 amide bonds. The number of benzene rings is 1. The quantitative estimate of drug-likeness (QED) is 0.885. The summed E-state index contributed by atoms with van der Waals surface area (Å²) >= 11 is 0. The van der Waals surface area contributed by atoms with E-state index < -0.39 is 21.8 Å². The average Bonchev–Trinajstić information content (AvgIpc) is 3.07. The van der Waals surface area contributed by atoms with Crippen LogP contribution in [0.2, 0.25) is 0 Å². The zero-order valence-corrected chi connectivity index (χ0v) is 15.5. The molecule has 0 radical (unpaired) electrons. The van der Waals surface area contributed by atoms with Crippen LogP contribution in [-0.2, 0) is 14.6 Å². The van der Waals surface area contributed by atoms with Crippen LogP contribution < -0.4 is 0 Å². The van der Waals surface area contributed by atoms with Crippen molar-refractivity contribution >= 4 is 21.7 Å². The summed E-state index contributed by atoms with van der Waals surface area (Å²) in [6, 6.07) is 2.11. The number of hydrogen-bond acceptors (Lipinski definition) is 4. The third kappa shape index (κ3) is 3.05. The van der Waals surface area contributed by atoms with E-state index in [4.69, 9.17) is 0 Å². The van der Waals surface area contributed by atoms with Gasteiger partial charge in [0.1, 0.15) is 6.04 Å². The van der Waals surface area contributed by atoms with Crippen LogP contribution >= 0.6 is 0 Å². The van der Waals surface area contributed by atoms with Crippen LogP contribution in [0.5, 0.6) is 0 Å². The molecule has 3 atom stereocenters. The summed E-state index contributed by atoms with van der Waals surface area (Å²) in [5.74, 6) is -1.13. The molecule has 2 fully saturated rings. The first kappa shape index (κ1) is 17.9. The number of nitrogens with zero attached hydrogens (tertiary/aromatic N) is 1. The van der Waals surface area contributed by atoms with Gasteiger partial charge in [0.15, 0.2) is 9.84 Å². The van der Waals surface area contributed by atoms with Gasteiger partial charge in [-0.2, -0.15) is 0 Å². The summed E-state index contributed by atoms with van der Waals surface area (Å²) in [6.07, 6.45) is 3.88. The lowest BCUT2D eigenvalue weighted by Gasteiger charge is -2.25. The lowest BCUT2D eigenvalue weighted by Crippen LogP contribution is -2.43. The van der Waals surface area contributed by atoms with Crippen LogP contribution in [-0.4, -0.2) is 49.1 Å². The van der Waals surface area contributed by atoms with Crippen molar-refractivity contribution in [3.63, 3.8) is 0 Å². The van der Waals surface area contributed by atoms with Gasteiger partial charge in [-0.3, -0.25) is 4.79 Å². The van der Waals surface area contributed by atoms with Gasteiger partial charge in [-0.05, 0) is 61.8 Å². The number of carbonyl (C=O) groups is 2. The van der Waals surface area contributed by atoms with Crippen molar-refractivity contribution < 1.29 is 23.1 Å². The number of likely N-dealkylation sites (tertiary alicyclic amines) is 1. The molecule has 7 heteroatoms. The highest BCUT2D eigenvalue weighted by molar-refractivity contribution is 7.90. The van der Waals surface area contributed by atoms with E-state index in [2.05, 4.69) is 0 Å². The minimum absolute atomic E-state index is 0.000874. The second-order valence-electron chi connectivity index (χ2n) is 7.28. The highest BCUT2D eigenvalue weighted by Gasteiger charge is 2.49. The van der Waals surface area contributed by atoms with E-state index in [9.17, 15) is 23.1 Å². The van der Waals surface area contributed by atoms with E-state index in [1.165, 1.54) is 11.0 Å². The first-order valence-electron chi connectivity index (χ1n) is 8.46.